The van der Waals surface area contributed by atoms with Gasteiger partial charge in [-0.3, -0.25) is 10.1 Å². The second kappa shape index (κ2) is 5.32. The Hall–Kier alpha value is -2.37. The van der Waals surface area contributed by atoms with Crippen molar-refractivity contribution >= 4 is 11.4 Å². The van der Waals surface area contributed by atoms with Gasteiger partial charge in [-0.2, -0.15) is 0 Å². The molecule has 106 valence electrons. The van der Waals surface area contributed by atoms with Gasteiger partial charge in [-0.05, 0) is 12.1 Å². The van der Waals surface area contributed by atoms with Crippen LogP contribution in [-0.2, 0) is 0 Å². The number of oxazole rings is 1. The first-order valence-corrected chi connectivity index (χ1v) is 6.32. The lowest BCUT2D eigenvalue weighted by Gasteiger charge is -2.12. The molecule has 0 amide bonds. The van der Waals surface area contributed by atoms with Crippen LogP contribution in [-0.4, -0.2) is 24.0 Å². The van der Waals surface area contributed by atoms with Crippen molar-refractivity contribution in [2.45, 2.75) is 19.8 Å². The molecule has 1 heterocycles. The quantitative estimate of drug-likeness (QED) is 0.631. The first-order valence-electron chi connectivity index (χ1n) is 6.32. The van der Waals surface area contributed by atoms with E-state index < -0.39 is 4.92 Å². The number of benzene rings is 1. The number of aromatic nitrogens is 1. The van der Waals surface area contributed by atoms with E-state index in [4.69, 9.17) is 4.42 Å². The zero-order chi connectivity index (χ0) is 14.9. The summed E-state index contributed by atoms with van der Waals surface area (Å²) in [6.07, 6.45) is 1.53. The summed E-state index contributed by atoms with van der Waals surface area (Å²) in [5.74, 6) is 1.14. The van der Waals surface area contributed by atoms with Crippen LogP contribution >= 0.6 is 0 Å². The SMILES string of the molecule is CC(C)c1ncc(-c2ccc(N(C)C)cc2[N+](=O)[O-])o1. The van der Waals surface area contributed by atoms with Crippen molar-refractivity contribution in [2.24, 2.45) is 0 Å². The molecule has 20 heavy (non-hydrogen) atoms. The summed E-state index contributed by atoms with van der Waals surface area (Å²) in [6, 6.07) is 5.05. The molecule has 1 aromatic heterocycles. The van der Waals surface area contributed by atoms with Crippen molar-refractivity contribution in [2.75, 3.05) is 19.0 Å². The third-order valence-corrected chi connectivity index (χ3v) is 2.98. The van der Waals surface area contributed by atoms with Crippen LogP contribution in [0.5, 0.6) is 0 Å². The lowest BCUT2D eigenvalue weighted by molar-refractivity contribution is -0.384. The summed E-state index contributed by atoms with van der Waals surface area (Å²) in [7, 11) is 3.67. The highest BCUT2D eigenvalue weighted by atomic mass is 16.6. The van der Waals surface area contributed by atoms with Crippen molar-refractivity contribution in [1.29, 1.82) is 0 Å². The molecular weight excluding hydrogens is 258 g/mol. The maximum atomic E-state index is 11.2. The molecule has 0 fully saturated rings. The van der Waals surface area contributed by atoms with E-state index in [1.807, 2.05) is 38.9 Å². The highest BCUT2D eigenvalue weighted by molar-refractivity contribution is 5.73. The number of anilines is 1. The van der Waals surface area contributed by atoms with Crippen molar-refractivity contribution in [3.8, 4) is 11.3 Å². The molecule has 0 aliphatic carbocycles. The Balaban J connectivity index is 2.52. The van der Waals surface area contributed by atoms with Crippen LogP contribution in [0, 0.1) is 10.1 Å². The van der Waals surface area contributed by atoms with Gasteiger partial charge in [0.2, 0.25) is 0 Å². The molecule has 0 saturated carbocycles. The van der Waals surface area contributed by atoms with Crippen LogP contribution in [0.25, 0.3) is 11.3 Å². The van der Waals surface area contributed by atoms with Gasteiger partial charge in [0.25, 0.3) is 5.69 Å². The molecular formula is C14H17N3O3. The van der Waals surface area contributed by atoms with Gasteiger partial charge in [-0.1, -0.05) is 13.8 Å². The lowest BCUT2D eigenvalue weighted by Crippen LogP contribution is -2.08. The topological polar surface area (TPSA) is 72.4 Å². The van der Waals surface area contributed by atoms with Crippen LogP contribution < -0.4 is 4.90 Å². The smallest absolute Gasteiger partial charge is 0.282 e. The van der Waals surface area contributed by atoms with Crippen LogP contribution in [0.2, 0.25) is 0 Å². The number of rotatable bonds is 4. The Morgan fingerprint density at radius 1 is 1.35 bits per heavy atom. The summed E-state index contributed by atoms with van der Waals surface area (Å²) < 4.78 is 5.59. The van der Waals surface area contributed by atoms with Gasteiger partial charge in [0.1, 0.15) is 0 Å². The van der Waals surface area contributed by atoms with E-state index in [2.05, 4.69) is 4.98 Å². The molecule has 0 bridgehead atoms. The van der Waals surface area contributed by atoms with Crippen molar-refractivity contribution < 1.29 is 9.34 Å². The number of nitro groups is 1. The minimum atomic E-state index is -0.403. The van der Waals surface area contributed by atoms with Gasteiger partial charge in [0.15, 0.2) is 11.7 Å². The second-order valence-corrected chi connectivity index (χ2v) is 5.07. The first kappa shape index (κ1) is 14.0. The molecule has 2 rings (SSSR count). The van der Waals surface area contributed by atoms with E-state index in [9.17, 15) is 10.1 Å². The van der Waals surface area contributed by atoms with Crippen LogP contribution in [0.15, 0.2) is 28.8 Å². The molecule has 1 aromatic carbocycles. The highest BCUT2D eigenvalue weighted by Gasteiger charge is 2.20. The van der Waals surface area contributed by atoms with E-state index in [0.29, 0.717) is 17.2 Å². The van der Waals surface area contributed by atoms with E-state index in [0.717, 1.165) is 5.69 Å². The Morgan fingerprint density at radius 3 is 2.55 bits per heavy atom. The average Bonchev–Trinajstić information content (AvgIpc) is 2.87. The standard InChI is InChI=1S/C14H17N3O3/c1-9(2)14-15-8-13(20-14)11-6-5-10(16(3)4)7-12(11)17(18)19/h5-9H,1-4H3. The molecule has 0 atom stereocenters. The maximum Gasteiger partial charge on any atom is 0.282 e. The Morgan fingerprint density at radius 2 is 2.05 bits per heavy atom. The average molecular weight is 275 g/mol. The Kier molecular flexibility index (Phi) is 3.74. The lowest BCUT2D eigenvalue weighted by atomic mass is 10.1. The van der Waals surface area contributed by atoms with Gasteiger partial charge < -0.3 is 9.32 Å². The number of nitrogens with zero attached hydrogens (tertiary/aromatic N) is 3. The van der Waals surface area contributed by atoms with Gasteiger partial charge >= 0.3 is 0 Å². The van der Waals surface area contributed by atoms with Crippen LogP contribution in [0.1, 0.15) is 25.7 Å². The van der Waals surface area contributed by atoms with Gasteiger partial charge in [-0.15, -0.1) is 0 Å². The first-order chi connectivity index (χ1) is 9.40. The number of hydrogen-bond acceptors (Lipinski definition) is 5. The second-order valence-electron chi connectivity index (χ2n) is 5.07. The fourth-order valence-electron chi connectivity index (χ4n) is 1.84. The van der Waals surface area contributed by atoms with Gasteiger partial charge in [0, 0.05) is 31.8 Å². The van der Waals surface area contributed by atoms with E-state index in [-0.39, 0.29) is 11.6 Å². The van der Waals surface area contributed by atoms with Crippen LogP contribution in [0.4, 0.5) is 11.4 Å². The largest absolute Gasteiger partial charge is 0.440 e. The predicted molar refractivity (Wildman–Crippen MR) is 77.0 cm³/mol. The molecule has 0 saturated heterocycles. The Labute approximate surface area is 117 Å². The van der Waals surface area contributed by atoms with E-state index in [1.165, 1.54) is 12.3 Å². The summed E-state index contributed by atoms with van der Waals surface area (Å²) in [5, 5.41) is 11.2. The molecule has 6 nitrogen and oxygen atoms in total. The minimum Gasteiger partial charge on any atom is -0.440 e. The highest BCUT2D eigenvalue weighted by Crippen LogP contribution is 2.34. The van der Waals surface area contributed by atoms with Gasteiger partial charge in [0.05, 0.1) is 16.7 Å². The summed E-state index contributed by atoms with van der Waals surface area (Å²) in [4.78, 5) is 16.8. The molecule has 0 unspecified atom stereocenters. The zero-order valence-corrected chi connectivity index (χ0v) is 12.0. The zero-order valence-electron chi connectivity index (χ0n) is 12.0. The summed E-state index contributed by atoms with van der Waals surface area (Å²) in [6.45, 7) is 3.92. The van der Waals surface area contributed by atoms with Gasteiger partial charge in [-0.25, -0.2) is 4.98 Å². The molecule has 0 spiro atoms. The monoisotopic (exact) mass is 275 g/mol. The minimum absolute atomic E-state index is 0.0163. The molecule has 0 radical (unpaired) electrons. The maximum absolute atomic E-state index is 11.2. The third-order valence-electron chi connectivity index (χ3n) is 2.98. The summed E-state index contributed by atoms with van der Waals surface area (Å²) in [5.41, 5.74) is 1.23. The van der Waals surface area contributed by atoms with E-state index >= 15 is 0 Å². The van der Waals surface area contributed by atoms with Crippen molar-refractivity contribution in [3.63, 3.8) is 0 Å². The fraction of sp³-hybridized carbons (Fsp3) is 0.357. The fourth-order valence-corrected chi connectivity index (χ4v) is 1.84. The van der Waals surface area contributed by atoms with Crippen LogP contribution in [0.3, 0.4) is 0 Å². The molecule has 6 heteroatoms. The molecule has 0 N–H and O–H groups in total. The molecule has 0 aliphatic rings. The summed E-state index contributed by atoms with van der Waals surface area (Å²) >= 11 is 0. The predicted octanol–water partition coefficient (Wildman–Crippen LogP) is 3.44. The van der Waals surface area contributed by atoms with Crippen molar-refractivity contribution in [3.05, 3.63) is 40.4 Å². The molecule has 0 aliphatic heterocycles. The normalized spacial score (nSPS) is 10.8. The number of hydrogen-bond donors (Lipinski definition) is 0. The number of nitro benzene ring substituents is 1. The molecule has 2 aromatic rings. The Bertz CT molecular complexity index is 632. The van der Waals surface area contributed by atoms with Crippen molar-refractivity contribution in [1.82, 2.24) is 4.98 Å². The van der Waals surface area contributed by atoms with E-state index in [1.54, 1.807) is 6.07 Å². The third kappa shape index (κ3) is 2.64.